The monoisotopic (exact) mass is 580 g/mol. The molecular weight excluding hydrogens is 552 g/mol. The summed E-state index contributed by atoms with van der Waals surface area (Å²) in [6.07, 6.45) is 3.55. The summed E-state index contributed by atoms with van der Waals surface area (Å²) in [6.45, 7) is 4.33. The first kappa shape index (κ1) is 26.7. The van der Waals surface area contributed by atoms with Gasteiger partial charge in [-0.1, -0.05) is 80.6 Å². The maximum atomic E-state index is 5.18. The van der Waals surface area contributed by atoms with Gasteiger partial charge < -0.3 is 0 Å². The molecule has 3 aromatic carbocycles. The molecule has 0 amide bonds. The lowest BCUT2D eigenvalue weighted by Crippen LogP contribution is -1.99. The van der Waals surface area contributed by atoms with Gasteiger partial charge in [-0.05, 0) is 65.6 Å². The van der Waals surface area contributed by atoms with E-state index in [0.29, 0.717) is 17.4 Å². The van der Waals surface area contributed by atoms with Gasteiger partial charge in [0.2, 0.25) is 0 Å². The molecule has 6 heteroatoms. The normalized spacial score (nSPS) is 11.5. The van der Waals surface area contributed by atoms with Gasteiger partial charge in [0.05, 0.1) is 27.9 Å². The number of hydrogen-bond acceptors (Lipinski definition) is 6. The van der Waals surface area contributed by atoms with Crippen molar-refractivity contribution < 1.29 is 0 Å². The highest BCUT2D eigenvalue weighted by Crippen LogP contribution is 2.37. The lowest BCUT2D eigenvalue weighted by molar-refractivity contribution is 0.830. The Labute approximate surface area is 260 Å². The van der Waals surface area contributed by atoms with Crippen LogP contribution in [0.15, 0.2) is 128 Å². The van der Waals surface area contributed by atoms with Crippen molar-refractivity contribution in [2.75, 3.05) is 0 Å². The van der Waals surface area contributed by atoms with Gasteiger partial charge >= 0.3 is 0 Å². The summed E-state index contributed by atoms with van der Waals surface area (Å²) in [6, 6.07) is 39.1. The molecule has 5 aromatic heterocycles. The second-order valence-electron chi connectivity index (χ2n) is 11.4. The van der Waals surface area contributed by atoms with Gasteiger partial charge in [-0.15, -0.1) is 0 Å². The van der Waals surface area contributed by atoms with E-state index in [1.165, 1.54) is 0 Å². The quantitative estimate of drug-likeness (QED) is 0.189. The molecule has 5 heterocycles. The highest BCUT2D eigenvalue weighted by Gasteiger charge is 2.17. The van der Waals surface area contributed by atoms with Gasteiger partial charge in [0.1, 0.15) is 11.4 Å². The average Bonchev–Trinajstić information content (AvgIpc) is 3.11. The Balaban J connectivity index is 1.31. The Morgan fingerprint density at radius 2 is 1.20 bits per heavy atom. The van der Waals surface area contributed by atoms with E-state index in [2.05, 4.69) is 90.5 Å². The van der Waals surface area contributed by atoms with E-state index < -0.39 is 0 Å². The first-order valence-electron chi connectivity index (χ1n) is 15.1. The van der Waals surface area contributed by atoms with Crippen molar-refractivity contribution in [2.24, 2.45) is 0 Å². The number of pyridine rings is 4. The molecule has 0 fully saturated rings. The Hall–Kier alpha value is -5.88. The van der Waals surface area contributed by atoms with Gasteiger partial charge in [0.15, 0.2) is 5.82 Å². The third-order valence-corrected chi connectivity index (χ3v) is 8.13. The minimum atomic E-state index is 0.338. The van der Waals surface area contributed by atoms with Crippen LogP contribution in [0, 0.1) is 0 Å². The molecule has 0 radical (unpaired) electrons. The molecule has 0 aliphatic rings. The Morgan fingerprint density at radius 1 is 0.511 bits per heavy atom. The van der Waals surface area contributed by atoms with E-state index in [-0.39, 0.29) is 0 Å². The molecular formula is C39H28N6. The van der Waals surface area contributed by atoms with Crippen molar-refractivity contribution in [3.8, 4) is 45.3 Å². The third kappa shape index (κ3) is 4.86. The van der Waals surface area contributed by atoms with Gasteiger partial charge in [0, 0.05) is 39.8 Å². The van der Waals surface area contributed by atoms with E-state index in [1.807, 2.05) is 48.5 Å². The second kappa shape index (κ2) is 11.0. The molecule has 0 spiro atoms. The Morgan fingerprint density at radius 3 is 1.96 bits per heavy atom. The Kier molecular flexibility index (Phi) is 6.53. The number of nitrogens with zero attached hydrogens (tertiary/aromatic N) is 6. The summed E-state index contributed by atoms with van der Waals surface area (Å²) in [5.74, 6) is 0.904. The van der Waals surface area contributed by atoms with Crippen LogP contribution < -0.4 is 0 Å². The van der Waals surface area contributed by atoms with Crippen molar-refractivity contribution in [2.45, 2.75) is 19.8 Å². The average molecular weight is 581 g/mol. The van der Waals surface area contributed by atoms with Crippen LogP contribution in [0.5, 0.6) is 0 Å². The zero-order valence-corrected chi connectivity index (χ0v) is 24.9. The molecule has 0 N–H and O–H groups in total. The van der Waals surface area contributed by atoms with Crippen LogP contribution in [-0.4, -0.2) is 29.9 Å². The van der Waals surface area contributed by atoms with Crippen molar-refractivity contribution in [3.63, 3.8) is 0 Å². The van der Waals surface area contributed by atoms with Crippen LogP contribution in [0.2, 0.25) is 0 Å². The van der Waals surface area contributed by atoms with Gasteiger partial charge in [0.25, 0.3) is 0 Å². The highest BCUT2D eigenvalue weighted by molar-refractivity contribution is 6.05. The topological polar surface area (TPSA) is 77.3 Å². The molecule has 0 aliphatic carbocycles. The maximum Gasteiger partial charge on any atom is 0.179 e. The van der Waals surface area contributed by atoms with Crippen molar-refractivity contribution >= 4 is 32.7 Å². The number of hydrogen-bond donors (Lipinski definition) is 0. The largest absolute Gasteiger partial charge is 0.255 e. The van der Waals surface area contributed by atoms with Crippen LogP contribution in [-0.2, 0) is 0 Å². The fourth-order valence-electron chi connectivity index (χ4n) is 5.83. The van der Waals surface area contributed by atoms with Crippen LogP contribution in [0.25, 0.3) is 78.0 Å². The SMILES string of the molecule is CC(C)c1ccc2ccc3ccc(-c4cccc(-c5cccc6nc(-c7ccccn7)nc(-c7ccccn7)c56)c4)nc3c2n1. The molecule has 214 valence electrons. The van der Waals surface area contributed by atoms with Crippen LogP contribution in [0.3, 0.4) is 0 Å². The fraction of sp³-hybridized carbons (Fsp3) is 0.0769. The van der Waals surface area contributed by atoms with Crippen LogP contribution in [0.4, 0.5) is 0 Å². The minimum Gasteiger partial charge on any atom is -0.255 e. The van der Waals surface area contributed by atoms with E-state index in [9.17, 15) is 0 Å². The molecule has 8 rings (SSSR count). The fourth-order valence-corrected chi connectivity index (χ4v) is 5.83. The summed E-state index contributed by atoms with van der Waals surface area (Å²) >= 11 is 0. The smallest absolute Gasteiger partial charge is 0.179 e. The summed E-state index contributed by atoms with van der Waals surface area (Å²) in [4.78, 5) is 29.4. The molecule has 0 saturated heterocycles. The third-order valence-electron chi connectivity index (χ3n) is 8.13. The molecule has 6 nitrogen and oxygen atoms in total. The van der Waals surface area contributed by atoms with Crippen molar-refractivity contribution in [1.82, 2.24) is 29.9 Å². The van der Waals surface area contributed by atoms with E-state index in [1.54, 1.807) is 12.4 Å². The molecule has 8 aromatic rings. The molecule has 0 atom stereocenters. The van der Waals surface area contributed by atoms with Crippen molar-refractivity contribution in [1.29, 1.82) is 0 Å². The number of benzene rings is 3. The molecule has 45 heavy (non-hydrogen) atoms. The predicted octanol–water partition coefficient (Wildman–Crippen LogP) is 9.31. The maximum absolute atomic E-state index is 5.18. The number of fused-ring (bicyclic) bond motifs is 4. The molecule has 0 bridgehead atoms. The summed E-state index contributed by atoms with van der Waals surface area (Å²) in [7, 11) is 0. The van der Waals surface area contributed by atoms with Gasteiger partial charge in [-0.3, -0.25) is 15.0 Å². The number of rotatable bonds is 5. The Bertz CT molecular complexity index is 2350. The van der Waals surface area contributed by atoms with Crippen LogP contribution >= 0.6 is 0 Å². The molecule has 0 unspecified atom stereocenters. The van der Waals surface area contributed by atoms with Gasteiger partial charge in [-0.2, -0.15) is 0 Å². The molecule has 0 saturated carbocycles. The lowest BCUT2D eigenvalue weighted by atomic mass is 9.96. The molecule has 0 aliphatic heterocycles. The van der Waals surface area contributed by atoms with E-state index in [4.69, 9.17) is 19.9 Å². The highest BCUT2D eigenvalue weighted by atomic mass is 14.9. The first-order chi connectivity index (χ1) is 22.1. The van der Waals surface area contributed by atoms with Gasteiger partial charge in [-0.25, -0.2) is 15.0 Å². The zero-order chi connectivity index (χ0) is 30.3. The standard InChI is InChI=1S/C39H28N6/c1-24(2)30-19-17-25-15-16-26-18-20-31(43-37(26)36(25)42-30)28-10-7-9-27(23-28)29-11-8-14-32-35(29)38(33-12-3-5-21-40-33)45-39(44-32)34-13-4-6-22-41-34/h3-24H,1-2H3. The number of aromatic nitrogens is 6. The van der Waals surface area contributed by atoms with E-state index in [0.717, 1.165) is 72.2 Å². The summed E-state index contributed by atoms with van der Waals surface area (Å²) in [5, 5.41) is 3.11. The predicted molar refractivity (Wildman–Crippen MR) is 182 cm³/mol. The first-order valence-corrected chi connectivity index (χ1v) is 15.1. The summed E-state index contributed by atoms with van der Waals surface area (Å²) in [5.41, 5.74) is 10.00. The van der Waals surface area contributed by atoms with Crippen LogP contribution in [0.1, 0.15) is 25.5 Å². The van der Waals surface area contributed by atoms with E-state index >= 15 is 0 Å². The second-order valence-corrected chi connectivity index (χ2v) is 11.4. The van der Waals surface area contributed by atoms with Crippen molar-refractivity contribution in [3.05, 3.63) is 133 Å². The minimum absolute atomic E-state index is 0.338. The lowest BCUT2D eigenvalue weighted by Gasteiger charge is -2.14. The zero-order valence-electron chi connectivity index (χ0n) is 24.9. The summed E-state index contributed by atoms with van der Waals surface area (Å²) < 4.78 is 0.